The number of carbonyl (C=O) groups excluding carboxylic acids is 1. The van der Waals surface area contributed by atoms with Gasteiger partial charge in [-0.25, -0.2) is 0 Å². The van der Waals surface area contributed by atoms with E-state index in [1.165, 1.54) is 11.3 Å². The maximum Gasteiger partial charge on any atom is 0.256 e. The maximum absolute atomic E-state index is 12.5. The number of carbonyl (C=O) groups is 1. The van der Waals surface area contributed by atoms with Gasteiger partial charge < -0.3 is 5.32 Å². The first-order valence-corrected chi connectivity index (χ1v) is 9.67. The number of nitrogens with zero attached hydrogens (tertiary/aromatic N) is 1. The summed E-state index contributed by atoms with van der Waals surface area (Å²) in [5.41, 5.74) is 3.24. The highest BCUT2D eigenvalue weighted by Crippen LogP contribution is 2.36. The molecule has 2 aromatic rings. The number of hydrogen-bond acceptors (Lipinski definition) is 4. The van der Waals surface area contributed by atoms with Crippen molar-refractivity contribution in [2.45, 2.75) is 26.2 Å². The fourth-order valence-corrected chi connectivity index (χ4v) is 4.74. The third-order valence-electron chi connectivity index (χ3n) is 4.20. The Morgan fingerprint density at radius 1 is 1.46 bits per heavy atom. The second-order valence-electron chi connectivity index (χ2n) is 5.97. The summed E-state index contributed by atoms with van der Waals surface area (Å²) >= 11 is 10.2. The average molecular weight is 419 g/mol. The van der Waals surface area contributed by atoms with Crippen molar-refractivity contribution in [3.8, 4) is 6.07 Å². The molecular weight excluding hydrogens is 404 g/mol. The van der Waals surface area contributed by atoms with E-state index in [0.29, 0.717) is 22.0 Å². The van der Waals surface area contributed by atoms with Gasteiger partial charge in [0.1, 0.15) is 11.1 Å². The Labute approximate surface area is 158 Å². The van der Waals surface area contributed by atoms with Gasteiger partial charge in [-0.3, -0.25) is 4.79 Å². The summed E-state index contributed by atoms with van der Waals surface area (Å²) in [6.07, 6.45) is 2.81. The van der Waals surface area contributed by atoms with Crippen molar-refractivity contribution in [2.75, 3.05) is 5.32 Å². The van der Waals surface area contributed by atoms with E-state index in [-0.39, 0.29) is 5.91 Å². The average Bonchev–Trinajstić information content (AvgIpc) is 2.55. The highest BCUT2D eigenvalue weighted by molar-refractivity contribution is 9.10. The molecule has 3 rings (SSSR count). The summed E-state index contributed by atoms with van der Waals surface area (Å²) in [6, 6.07) is 9.43. The lowest BCUT2D eigenvalue weighted by Crippen LogP contribution is -2.16. The van der Waals surface area contributed by atoms with Gasteiger partial charge in [-0.2, -0.15) is 5.26 Å². The molecule has 0 bridgehead atoms. The number of hydrogen-bond donors (Lipinski definition) is 1. The van der Waals surface area contributed by atoms with Crippen LogP contribution in [0, 0.1) is 21.1 Å². The second kappa shape index (κ2) is 7.14. The number of nitrogens with one attached hydrogen (secondary N) is 1. The molecule has 0 saturated carbocycles. The van der Waals surface area contributed by atoms with Crippen LogP contribution in [0.3, 0.4) is 0 Å². The summed E-state index contributed by atoms with van der Waals surface area (Å²) in [5, 5.41) is 13.1. The van der Waals surface area contributed by atoms with Gasteiger partial charge in [0, 0.05) is 10.0 Å². The third kappa shape index (κ3) is 3.44. The van der Waals surface area contributed by atoms with Crippen molar-refractivity contribution in [3.63, 3.8) is 0 Å². The maximum atomic E-state index is 12.5. The molecule has 6 heteroatoms. The van der Waals surface area contributed by atoms with Gasteiger partial charge in [0.05, 0.1) is 9.39 Å². The van der Waals surface area contributed by atoms with Crippen molar-refractivity contribution in [1.82, 2.24) is 0 Å². The van der Waals surface area contributed by atoms with E-state index in [0.717, 1.165) is 38.7 Å². The molecule has 1 aromatic carbocycles. The lowest BCUT2D eigenvalue weighted by Gasteiger charge is -2.23. The number of rotatable bonds is 2. The fraction of sp³-hybridized carbons (Fsp3) is 0.278. The molecule has 0 radical (unpaired) electrons. The Morgan fingerprint density at radius 2 is 2.25 bits per heavy atom. The van der Waals surface area contributed by atoms with Crippen molar-refractivity contribution in [3.05, 3.63) is 54.8 Å². The molecule has 0 spiro atoms. The first-order chi connectivity index (χ1) is 11.5. The van der Waals surface area contributed by atoms with Crippen LogP contribution >= 0.6 is 39.5 Å². The van der Waals surface area contributed by atoms with Crippen molar-refractivity contribution in [1.29, 1.82) is 5.26 Å². The predicted molar refractivity (Wildman–Crippen MR) is 103 cm³/mol. The van der Waals surface area contributed by atoms with Crippen molar-refractivity contribution >= 4 is 50.4 Å². The summed E-state index contributed by atoms with van der Waals surface area (Å²) in [6.45, 7) is 2.21. The van der Waals surface area contributed by atoms with Crippen molar-refractivity contribution in [2.24, 2.45) is 5.92 Å². The fourth-order valence-electron chi connectivity index (χ4n) is 2.95. The van der Waals surface area contributed by atoms with Crippen LogP contribution in [0.2, 0.25) is 0 Å². The molecule has 1 atom stereocenters. The lowest BCUT2D eigenvalue weighted by atomic mass is 9.85. The van der Waals surface area contributed by atoms with E-state index >= 15 is 0 Å². The summed E-state index contributed by atoms with van der Waals surface area (Å²) < 4.78 is 1.61. The minimum absolute atomic E-state index is 0.234. The van der Waals surface area contributed by atoms with Crippen LogP contribution in [0.25, 0.3) is 0 Å². The smallest absolute Gasteiger partial charge is 0.256 e. The standard InChI is InChI=1S/C18H15BrN2OS2/c1-10-5-6-13-14(7-10)18(23)24-17(15(13)9-20)21-16(22)11-3-2-4-12(19)8-11/h2-4,8,10H,5-7H2,1H3,(H,21,22). The number of benzene rings is 1. The molecule has 122 valence electrons. The molecule has 1 aromatic heterocycles. The number of nitriles is 1. The predicted octanol–water partition coefficient (Wildman–Crippen LogP) is 5.49. The second-order valence-corrected chi connectivity index (χ2v) is 8.58. The van der Waals surface area contributed by atoms with Gasteiger partial charge in [-0.05, 0) is 54.5 Å². The monoisotopic (exact) mass is 418 g/mol. The van der Waals surface area contributed by atoms with Gasteiger partial charge in [0.15, 0.2) is 0 Å². The molecule has 0 aliphatic heterocycles. The van der Waals surface area contributed by atoms with Gasteiger partial charge in [-0.1, -0.05) is 41.1 Å². The highest BCUT2D eigenvalue weighted by atomic mass is 79.9. The van der Waals surface area contributed by atoms with E-state index in [2.05, 4.69) is 34.2 Å². The van der Waals surface area contributed by atoms with Gasteiger partial charge in [0.2, 0.25) is 0 Å². The van der Waals surface area contributed by atoms with Crippen molar-refractivity contribution < 1.29 is 4.79 Å². The zero-order valence-corrected chi connectivity index (χ0v) is 16.3. The van der Waals surface area contributed by atoms with Crippen LogP contribution in [-0.2, 0) is 12.8 Å². The highest BCUT2D eigenvalue weighted by Gasteiger charge is 2.23. The van der Waals surface area contributed by atoms with Gasteiger partial charge >= 0.3 is 0 Å². The molecule has 1 aliphatic carbocycles. The molecular formula is C18H15BrN2OS2. The molecule has 3 nitrogen and oxygen atoms in total. The quantitative estimate of drug-likeness (QED) is 0.655. The number of halogens is 1. The Kier molecular flexibility index (Phi) is 5.14. The third-order valence-corrected chi connectivity index (χ3v) is 6.13. The molecule has 24 heavy (non-hydrogen) atoms. The van der Waals surface area contributed by atoms with E-state index in [4.69, 9.17) is 12.2 Å². The Hall–Kier alpha value is -1.55. The summed E-state index contributed by atoms with van der Waals surface area (Å²) in [7, 11) is 0. The largest absolute Gasteiger partial charge is 0.312 e. The lowest BCUT2D eigenvalue weighted by molar-refractivity contribution is 0.102. The van der Waals surface area contributed by atoms with Crippen LogP contribution in [0.1, 0.15) is 40.4 Å². The SMILES string of the molecule is CC1CCc2c(C#N)c(NC(=O)c3cccc(Br)c3)sc(=S)c2C1. The van der Waals surface area contributed by atoms with Gasteiger partial charge in [0.25, 0.3) is 5.91 Å². The van der Waals surface area contributed by atoms with Crippen LogP contribution in [-0.4, -0.2) is 5.91 Å². The minimum atomic E-state index is -0.234. The normalized spacial score (nSPS) is 16.1. The first kappa shape index (κ1) is 17.3. The topological polar surface area (TPSA) is 52.9 Å². The van der Waals surface area contributed by atoms with E-state index in [1.54, 1.807) is 18.2 Å². The summed E-state index contributed by atoms with van der Waals surface area (Å²) in [5.74, 6) is 0.350. The van der Waals surface area contributed by atoms with Crippen LogP contribution in [0.5, 0.6) is 0 Å². The Bertz CT molecular complexity index is 914. The molecule has 0 saturated heterocycles. The zero-order chi connectivity index (χ0) is 17.3. The number of anilines is 1. The number of amides is 1. The van der Waals surface area contributed by atoms with E-state index < -0.39 is 0 Å². The van der Waals surface area contributed by atoms with Gasteiger partial charge in [-0.15, -0.1) is 11.3 Å². The minimum Gasteiger partial charge on any atom is -0.312 e. The Morgan fingerprint density at radius 3 is 2.96 bits per heavy atom. The first-order valence-electron chi connectivity index (χ1n) is 7.65. The Balaban J connectivity index is 2.00. The van der Waals surface area contributed by atoms with Crippen LogP contribution < -0.4 is 5.32 Å². The van der Waals surface area contributed by atoms with Crippen LogP contribution in [0.15, 0.2) is 28.7 Å². The van der Waals surface area contributed by atoms with E-state index in [1.807, 2.05) is 6.07 Å². The molecule has 1 N–H and O–H groups in total. The molecule has 1 amide bonds. The zero-order valence-electron chi connectivity index (χ0n) is 13.1. The number of fused-ring (bicyclic) bond motifs is 1. The summed E-state index contributed by atoms with van der Waals surface area (Å²) in [4.78, 5) is 12.5. The van der Waals surface area contributed by atoms with E-state index in [9.17, 15) is 10.1 Å². The molecule has 0 fully saturated rings. The molecule has 1 aliphatic rings. The molecule has 1 heterocycles. The molecule has 1 unspecified atom stereocenters. The van der Waals surface area contributed by atoms with Crippen LogP contribution in [0.4, 0.5) is 5.00 Å².